The van der Waals surface area contributed by atoms with Crippen LogP contribution in [0.3, 0.4) is 0 Å². The summed E-state index contributed by atoms with van der Waals surface area (Å²) < 4.78 is 21.7. The van der Waals surface area contributed by atoms with Gasteiger partial charge in [0.1, 0.15) is 9.84 Å². The highest BCUT2D eigenvalue weighted by Gasteiger charge is 2.12. The third kappa shape index (κ3) is 7.19. The average molecular weight is 251 g/mol. The van der Waals surface area contributed by atoms with Gasteiger partial charge in [-0.15, -0.1) is 0 Å². The van der Waals surface area contributed by atoms with Crippen LogP contribution >= 0.6 is 11.8 Å². The normalized spacial score (nSPS) is 22.9. The molecule has 0 amide bonds. The average Bonchev–Trinajstić information content (AvgIpc) is 2.17. The van der Waals surface area contributed by atoms with Crippen molar-refractivity contribution in [2.24, 2.45) is 5.92 Å². The Hall–Kier alpha value is 0.260. The Kier molecular flexibility index (Phi) is 6.00. The lowest BCUT2D eigenvalue weighted by atomic mass is 9.97. The first kappa shape index (κ1) is 13.3. The van der Waals surface area contributed by atoms with E-state index in [9.17, 15) is 8.42 Å². The van der Waals surface area contributed by atoms with Gasteiger partial charge in [0, 0.05) is 12.0 Å². The van der Waals surface area contributed by atoms with E-state index in [1.807, 2.05) is 0 Å². The van der Waals surface area contributed by atoms with Crippen molar-refractivity contribution in [3.8, 4) is 0 Å². The first-order chi connectivity index (χ1) is 7.08. The van der Waals surface area contributed by atoms with Crippen molar-refractivity contribution in [2.75, 3.05) is 36.6 Å². The van der Waals surface area contributed by atoms with Crippen molar-refractivity contribution in [3.05, 3.63) is 0 Å². The fourth-order valence-electron chi connectivity index (χ4n) is 1.73. The van der Waals surface area contributed by atoms with Gasteiger partial charge in [-0.05, 0) is 44.0 Å². The number of piperidine rings is 1. The lowest BCUT2D eigenvalue weighted by molar-refractivity contribution is 0.371. The third-order valence-electron chi connectivity index (χ3n) is 2.67. The molecule has 1 aliphatic heterocycles. The van der Waals surface area contributed by atoms with Crippen molar-refractivity contribution < 1.29 is 8.42 Å². The van der Waals surface area contributed by atoms with Crippen LogP contribution in [-0.4, -0.2) is 45.0 Å². The molecular formula is C10H21NO2S2. The molecule has 0 spiro atoms. The molecule has 1 heterocycles. The van der Waals surface area contributed by atoms with Crippen LogP contribution in [-0.2, 0) is 9.84 Å². The fraction of sp³-hybridized carbons (Fsp3) is 1.00. The second-order valence-corrected chi connectivity index (χ2v) is 7.73. The van der Waals surface area contributed by atoms with Gasteiger partial charge in [-0.25, -0.2) is 8.42 Å². The van der Waals surface area contributed by atoms with E-state index in [0.717, 1.165) is 30.5 Å². The van der Waals surface area contributed by atoms with Crippen LogP contribution in [0.15, 0.2) is 0 Å². The van der Waals surface area contributed by atoms with Gasteiger partial charge in [-0.1, -0.05) is 0 Å². The van der Waals surface area contributed by atoms with Gasteiger partial charge < -0.3 is 5.32 Å². The number of thioether (sulfide) groups is 1. The smallest absolute Gasteiger partial charge is 0.148 e. The first-order valence-corrected chi connectivity index (χ1v) is 8.75. The summed E-state index contributed by atoms with van der Waals surface area (Å²) in [5, 5.41) is 3.39. The van der Waals surface area contributed by atoms with Gasteiger partial charge >= 0.3 is 0 Å². The van der Waals surface area contributed by atoms with Crippen molar-refractivity contribution in [1.82, 2.24) is 5.32 Å². The van der Waals surface area contributed by atoms with Gasteiger partial charge in [0.15, 0.2) is 0 Å². The molecule has 5 heteroatoms. The van der Waals surface area contributed by atoms with Crippen LogP contribution in [0, 0.1) is 5.92 Å². The van der Waals surface area contributed by atoms with Crippen LogP contribution in [0.2, 0.25) is 0 Å². The molecule has 1 fully saturated rings. The molecule has 1 atom stereocenters. The maximum atomic E-state index is 10.9. The standard InChI is InChI=1S/C10H21NO2S2/c1-15(12,13)8-7-14-6-4-10-3-2-5-11-9-10/h10-11H,2-9H2,1H3. The zero-order chi connectivity index (χ0) is 11.1. The van der Waals surface area contributed by atoms with Gasteiger partial charge in [-0.2, -0.15) is 11.8 Å². The zero-order valence-electron chi connectivity index (χ0n) is 9.37. The molecule has 1 aliphatic rings. The molecule has 0 aromatic rings. The third-order valence-corrected chi connectivity index (χ3v) is 4.89. The Balaban J connectivity index is 1.96. The molecule has 90 valence electrons. The van der Waals surface area contributed by atoms with E-state index in [1.54, 1.807) is 11.8 Å². The van der Waals surface area contributed by atoms with E-state index in [2.05, 4.69) is 5.32 Å². The van der Waals surface area contributed by atoms with Gasteiger partial charge in [0.05, 0.1) is 5.75 Å². The van der Waals surface area contributed by atoms with Gasteiger partial charge in [0.25, 0.3) is 0 Å². The summed E-state index contributed by atoms with van der Waals surface area (Å²) in [6.45, 7) is 2.31. The van der Waals surface area contributed by atoms with Crippen LogP contribution in [0.25, 0.3) is 0 Å². The summed E-state index contributed by atoms with van der Waals surface area (Å²) in [6.07, 6.45) is 5.15. The molecule has 0 bridgehead atoms. The molecule has 15 heavy (non-hydrogen) atoms. The molecule has 1 saturated heterocycles. The van der Waals surface area contributed by atoms with Crippen LogP contribution in [0.5, 0.6) is 0 Å². The molecule has 1 rings (SSSR count). The SMILES string of the molecule is CS(=O)(=O)CCSCCC1CCCNC1. The minimum Gasteiger partial charge on any atom is -0.316 e. The molecule has 0 aliphatic carbocycles. The fourth-order valence-corrected chi connectivity index (χ4v) is 4.12. The molecule has 1 unspecified atom stereocenters. The van der Waals surface area contributed by atoms with Crippen molar-refractivity contribution >= 4 is 21.6 Å². The molecular weight excluding hydrogens is 230 g/mol. The predicted octanol–water partition coefficient (Wildman–Crippen LogP) is 1.15. The summed E-state index contributed by atoms with van der Waals surface area (Å²) in [5.41, 5.74) is 0. The summed E-state index contributed by atoms with van der Waals surface area (Å²) in [7, 11) is -2.76. The summed E-state index contributed by atoms with van der Waals surface area (Å²) in [4.78, 5) is 0. The quantitative estimate of drug-likeness (QED) is 0.720. The zero-order valence-corrected chi connectivity index (χ0v) is 11.0. The van der Waals surface area contributed by atoms with Crippen LogP contribution < -0.4 is 5.32 Å². The van der Waals surface area contributed by atoms with E-state index < -0.39 is 9.84 Å². The molecule has 0 aromatic carbocycles. The number of sulfone groups is 1. The summed E-state index contributed by atoms with van der Waals surface area (Å²) in [5.74, 6) is 2.98. The minimum absolute atomic E-state index is 0.320. The highest BCUT2D eigenvalue weighted by molar-refractivity contribution is 8.00. The lowest BCUT2D eigenvalue weighted by Gasteiger charge is -2.22. The Bertz CT molecular complexity index is 259. The highest BCUT2D eigenvalue weighted by Crippen LogP contribution is 2.17. The number of nitrogens with one attached hydrogen (secondary N) is 1. The Morgan fingerprint density at radius 1 is 1.40 bits per heavy atom. The van der Waals surface area contributed by atoms with Gasteiger partial charge in [-0.3, -0.25) is 0 Å². The van der Waals surface area contributed by atoms with Crippen molar-refractivity contribution in [3.63, 3.8) is 0 Å². The first-order valence-electron chi connectivity index (χ1n) is 5.54. The van der Waals surface area contributed by atoms with E-state index >= 15 is 0 Å². The van der Waals surface area contributed by atoms with E-state index in [0.29, 0.717) is 5.75 Å². The lowest BCUT2D eigenvalue weighted by Crippen LogP contribution is -2.30. The van der Waals surface area contributed by atoms with Crippen LogP contribution in [0.1, 0.15) is 19.3 Å². The number of rotatable bonds is 6. The predicted molar refractivity (Wildman–Crippen MR) is 67.2 cm³/mol. The molecule has 0 aromatic heterocycles. The highest BCUT2D eigenvalue weighted by atomic mass is 32.2. The molecule has 1 N–H and O–H groups in total. The summed E-state index contributed by atoms with van der Waals surface area (Å²) in [6, 6.07) is 0. The van der Waals surface area contributed by atoms with E-state index in [-0.39, 0.29) is 0 Å². The van der Waals surface area contributed by atoms with Crippen LogP contribution in [0.4, 0.5) is 0 Å². The van der Waals surface area contributed by atoms with E-state index in [4.69, 9.17) is 0 Å². The largest absolute Gasteiger partial charge is 0.316 e. The Morgan fingerprint density at radius 2 is 2.20 bits per heavy atom. The van der Waals surface area contributed by atoms with Gasteiger partial charge in [0.2, 0.25) is 0 Å². The number of hydrogen-bond donors (Lipinski definition) is 1. The monoisotopic (exact) mass is 251 g/mol. The van der Waals surface area contributed by atoms with Crippen molar-refractivity contribution in [2.45, 2.75) is 19.3 Å². The second kappa shape index (κ2) is 6.76. The Labute approximate surface area is 97.3 Å². The molecule has 0 saturated carbocycles. The maximum absolute atomic E-state index is 10.9. The minimum atomic E-state index is -2.76. The Morgan fingerprint density at radius 3 is 2.80 bits per heavy atom. The summed E-state index contributed by atoms with van der Waals surface area (Å²) >= 11 is 1.77. The molecule has 3 nitrogen and oxygen atoms in total. The topological polar surface area (TPSA) is 46.2 Å². The number of hydrogen-bond acceptors (Lipinski definition) is 4. The second-order valence-electron chi connectivity index (χ2n) is 4.24. The van der Waals surface area contributed by atoms with Crippen molar-refractivity contribution in [1.29, 1.82) is 0 Å². The molecule has 0 radical (unpaired) electrons. The maximum Gasteiger partial charge on any atom is 0.148 e. The van der Waals surface area contributed by atoms with E-state index in [1.165, 1.54) is 25.5 Å².